The molecular formula is C8H12Cl4N2. The van der Waals surface area contributed by atoms with Crippen molar-refractivity contribution in [2.75, 3.05) is 13.6 Å². The molecule has 6 heteroatoms. The SMILES string of the molecule is CCCCN1C(Cl)=C(Cl)N(C)C1(Cl)Cl. The van der Waals surface area contributed by atoms with Gasteiger partial charge >= 0.3 is 0 Å². The summed E-state index contributed by atoms with van der Waals surface area (Å²) in [5.74, 6) is 0. The van der Waals surface area contributed by atoms with Gasteiger partial charge in [0.25, 0.3) is 4.58 Å². The Hall–Kier alpha value is 0.500. The van der Waals surface area contributed by atoms with Crippen LogP contribution in [-0.2, 0) is 0 Å². The highest BCUT2D eigenvalue weighted by Gasteiger charge is 2.45. The lowest BCUT2D eigenvalue weighted by molar-refractivity contribution is 0.206. The maximum atomic E-state index is 6.12. The molecule has 0 atom stereocenters. The summed E-state index contributed by atoms with van der Waals surface area (Å²) in [5.41, 5.74) is 0. The molecule has 0 aromatic carbocycles. The molecule has 0 fully saturated rings. The van der Waals surface area contributed by atoms with Crippen LogP contribution in [0.15, 0.2) is 10.3 Å². The van der Waals surface area contributed by atoms with Crippen molar-refractivity contribution in [2.24, 2.45) is 0 Å². The lowest BCUT2D eigenvalue weighted by Crippen LogP contribution is -2.43. The van der Waals surface area contributed by atoms with E-state index >= 15 is 0 Å². The fourth-order valence-corrected chi connectivity index (χ4v) is 2.45. The van der Waals surface area contributed by atoms with Crippen LogP contribution in [-0.4, -0.2) is 28.0 Å². The molecule has 0 saturated carbocycles. The summed E-state index contributed by atoms with van der Waals surface area (Å²) in [5, 5.41) is 0.792. The zero-order chi connectivity index (χ0) is 10.9. The molecule has 82 valence electrons. The Morgan fingerprint density at radius 1 is 1.21 bits per heavy atom. The molecule has 1 rings (SSSR count). The number of nitrogens with zero attached hydrogens (tertiary/aromatic N) is 2. The standard InChI is InChI=1S/C8H12Cl4N2/c1-3-4-5-14-7(10)6(9)13(2)8(14,11)12/h3-5H2,1-2H3. The van der Waals surface area contributed by atoms with E-state index in [1.165, 1.54) is 4.90 Å². The van der Waals surface area contributed by atoms with E-state index < -0.39 is 4.58 Å². The molecule has 0 spiro atoms. The number of rotatable bonds is 3. The summed E-state index contributed by atoms with van der Waals surface area (Å²) in [6.45, 7) is 2.78. The molecule has 0 saturated heterocycles. The Labute approximate surface area is 104 Å². The highest BCUT2D eigenvalue weighted by molar-refractivity contribution is 6.50. The van der Waals surface area contributed by atoms with Gasteiger partial charge in [-0.2, -0.15) is 0 Å². The minimum Gasteiger partial charge on any atom is -0.314 e. The topological polar surface area (TPSA) is 6.48 Å². The molecule has 14 heavy (non-hydrogen) atoms. The Morgan fingerprint density at radius 2 is 1.79 bits per heavy atom. The first-order valence-corrected chi connectivity index (χ1v) is 5.88. The fraction of sp³-hybridized carbons (Fsp3) is 0.750. The van der Waals surface area contributed by atoms with E-state index in [9.17, 15) is 0 Å². The fourth-order valence-electron chi connectivity index (χ4n) is 1.22. The number of hydrogen-bond donors (Lipinski definition) is 0. The van der Waals surface area contributed by atoms with Gasteiger partial charge in [-0.05, 0) is 6.42 Å². The minimum absolute atomic E-state index is 0.382. The van der Waals surface area contributed by atoms with Crippen LogP contribution in [0, 0.1) is 0 Å². The van der Waals surface area contributed by atoms with Gasteiger partial charge in [0.05, 0.1) is 0 Å². The van der Waals surface area contributed by atoms with Crippen molar-refractivity contribution in [1.29, 1.82) is 0 Å². The molecular weight excluding hydrogens is 266 g/mol. The normalized spacial score (nSPS) is 21.0. The molecule has 1 aliphatic rings. The number of hydrogen-bond acceptors (Lipinski definition) is 2. The maximum Gasteiger partial charge on any atom is 0.272 e. The van der Waals surface area contributed by atoms with Crippen molar-refractivity contribution in [3.05, 3.63) is 10.3 Å². The summed E-state index contributed by atoms with van der Waals surface area (Å²) >= 11 is 24.2. The van der Waals surface area contributed by atoms with Crippen molar-refractivity contribution >= 4 is 46.4 Å². The number of unbranched alkanes of at least 4 members (excludes halogenated alkanes) is 1. The minimum atomic E-state index is -1.16. The molecule has 0 aromatic rings. The quantitative estimate of drug-likeness (QED) is 0.573. The van der Waals surface area contributed by atoms with Gasteiger partial charge in [-0.1, -0.05) is 59.7 Å². The molecule has 0 amide bonds. The summed E-state index contributed by atoms with van der Waals surface area (Å²) in [6, 6.07) is 0. The Balaban J connectivity index is 2.82. The smallest absolute Gasteiger partial charge is 0.272 e. The predicted molar refractivity (Wildman–Crippen MR) is 62.5 cm³/mol. The Bertz CT molecular complexity index is 252. The van der Waals surface area contributed by atoms with E-state index in [-0.39, 0.29) is 0 Å². The molecule has 1 aliphatic heterocycles. The summed E-state index contributed by atoms with van der Waals surface area (Å²) in [6.07, 6.45) is 2.02. The van der Waals surface area contributed by atoms with E-state index in [2.05, 4.69) is 6.92 Å². The summed E-state index contributed by atoms with van der Waals surface area (Å²) in [7, 11) is 1.71. The molecule has 1 heterocycles. The van der Waals surface area contributed by atoms with E-state index in [0.717, 1.165) is 12.8 Å². The first-order valence-electron chi connectivity index (χ1n) is 4.37. The van der Waals surface area contributed by atoms with Crippen LogP contribution in [0.4, 0.5) is 0 Å². The second-order valence-electron chi connectivity index (χ2n) is 3.16. The van der Waals surface area contributed by atoms with Gasteiger partial charge in [0.1, 0.15) is 10.3 Å². The molecule has 0 aromatic heterocycles. The van der Waals surface area contributed by atoms with Gasteiger partial charge < -0.3 is 9.80 Å². The van der Waals surface area contributed by atoms with Gasteiger partial charge in [0, 0.05) is 13.6 Å². The number of alkyl halides is 2. The van der Waals surface area contributed by atoms with Crippen LogP contribution >= 0.6 is 46.4 Å². The van der Waals surface area contributed by atoms with Gasteiger partial charge in [-0.3, -0.25) is 0 Å². The zero-order valence-corrected chi connectivity index (χ0v) is 11.1. The van der Waals surface area contributed by atoms with Gasteiger partial charge in [-0.25, -0.2) is 0 Å². The lowest BCUT2D eigenvalue weighted by Gasteiger charge is -2.33. The van der Waals surface area contributed by atoms with Gasteiger partial charge in [0.15, 0.2) is 0 Å². The van der Waals surface area contributed by atoms with Crippen LogP contribution in [0.1, 0.15) is 19.8 Å². The zero-order valence-electron chi connectivity index (χ0n) is 8.03. The first kappa shape index (κ1) is 12.6. The molecule has 2 nitrogen and oxygen atoms in total. The second-order valence-corrected chi connectivity index (χ2v) is 5.12. The predicted octanol–water partition coefficient (Wildman–Crippen LogP) is 3.73. The molecule has 0 bridgehead atoms. The number of halogens is 4. The van der Waals surface area contributed by atoms with E-state index in [1.54, 1.807) is 11.9 Å². The van der Waals surface area contributed by atoms with Crippen LogP contribution in [0.3, 0.4) is 0 Å². The van der Waals surface area contributed by atoms with E-state index in [4.69, 9.17) is 46.4 Å². The van der Waals surface area contributed by atoms with Crippen molar-refractivity contribution in [3.63, 3.8) is 0 Å². The molecule has 0 aliphatic carbocycles. The van der Waals surface area contributed by atoms with Crippen molar-refractivity contribution in [2.45, 2.75) is 24.3 Å². The average Bonchev–Trinajstić information content (AvgIpc) is 2.27. The van der Waals surface area contributed by atoms with Crippen LogP contribution in [0.25, 0.3) is 0 Å². The molecule has 0 unspecified atom stereocenters. The third-order valence-electron chi connectivity index (χ3n) is 2.17. The average molecular weight is 278 g/mol. The lowest BCUT2D eigenvalue weighted by atomic mass is 10.3. The highest BCUT2D eigenvalue weighted by atomic mass is 35.5. The third-order valence-corrected chi connectivity index (χ3v) is 3.99. The van der Waals surface area contributed by atoms with Crippen LogP contribution < -0.4 is 0 Å². The van der Waals surface area contributed by atoms with E-state index in [1.807, 2.05) is 0 Å². The second kappa shape index (κ2) is 4.56. The van der Waals surface area contributed by atoms with Gasteiger partial charge in [0.2, 0.25) is 0 Å². The maximum absolute atomic E-state index is 6.12. The van der Waals surface area contributed by atoms with Crippen LogP contribution in [0.2, 0.25) is 0 Å². The monoisotopic (exact) mass is 276 g/mol. The van der Waals surface area contributed by atoms with Crippen molar-refractivity contribution < 1.29 is 0 Å². The first-order chi connectivity index (χ1) is 6.42. The summed E-state index contributed by atoms with van der Waals surface area (Å²) < 4.78 is -1.16. The van der Waals surface area contributed by atoms with Gasteiger partial charge in [-0.15, -0.1) is 0 Å². The van der Waals surface area contributed by atoms with Crippen molar-refractivity contribution in [3.8, 4) is 0 Å². The third kappa shape index (κ3) is 2.04. The highest BCUT2D eigenvalue weighted by Crippen LogP contribution is 2.45. The van der Waals surface area contributed by atoms with E-state index in [0.29, 0.717) is 16.9 Å². The molecule has 0 N–H and O–H groups in total. The van der Waals surface area contributed by atoms with Crippen LogP contribution in [0.5, 0.6) is 0 Å². The largest absolute Gasteiger partial charge is 0.314 e. The van der Waals surface area contributed by atoms with Crippen molar-refractivity contribution in [1.82, 2.24) is 9.80 Å². The summed E-state index contributed by atoms with van der Waals surface area (Å²) in [4.78, 5) is 3.22. The Morgan fingerprint density at radius 3 is 2.14 bits per heavy atom. The Kier molecular flexibility index (Phi) is 4.10. The molecule has 0 radical (unpaired) electrons.